The molecule has 0 fully saturated rings. The van der Waals surface area contributed by atoms with E-state index in [4.69, 9.17) is 4.42 Å². The van der Waals surface area contributed by atoms with Crippen LogP contribution >= 0.6 is 0 Å². The molecule has 0 spiro atoms. The van der Waals surface area contributed by atoms with Gasteiger partial charge in [0.1, 0.15) is 17.6 Å². The average molecular weight is 375 g/mol. The van der Waals surface area contributed by atoms with Gasteiger partial charge in [-0.3, -0.25) is 14.5 Å². The molecule has 1 aromatic carbocycles. The molecule has 2 aromatic rings. The van der Waals surface area contributed by atoms with Crippen molar-refractivity contribution in [1.29, 1.82) is 0 Å². The van der Waals surface area contributed by atoms with Gasteiger partial charge in [0.25, 0.3) is 10.0 Å². The highest BCUT2D eigenvalue weighted by molar-refractivity contribution is 7.90. The Labute approximate surface area is 152 Å². The van der Waals surface area contributed by atoms with E-state index in [2.05, 4.69) is 9.71 Å². The molecular weight excluding hydrogens is 354 g/mol. The van der Waals surface area contributed by atoms with Crippen molar-refractivity contribution in [2.75, 3.05) is 7.05 Å². The first-order valence-corrected chi connectivity index (χ1v) is 9.75. The zero-order valence-corrected chi connectivity index (χ0v) is 15.7. The Kier molecular flexibility index (Phi) is 4.86. The van der Waals surface area contributed by atoms with Gasteiger partial charge in [0.15, 0.2) is 0 Å². The maximum atomic E-state index is 12.9. The molecule has 0 saturated heterocycles. The molecule has 0 bridgehead atoms. The van der Waals surface area contributed by atoms with E-state index in [9.17, 15) is 13.2 Å². The molecule has 0 aliphatic carbocycles. The molecule has 0 saturated carbocycles. The third kappa shape index (κ3) is 3.50. The van der Waals surface area contributed by atoms with Gasteiger partial charge in [0.05, 0.1) is 17.7 Å². The number of amides is 1. The predicted molar refractivity (Wildman–Crippen MR) is 97.1 cm³/mol. The zero-order valence-electron chi connectivity index (χ0n) is 14.8. The van der Waals surface area contributed by atoms with E-state index >= 15 is 0 Å². The lowest BCUT2D eigenvalue weighted by Crippen LogP contribution is -2.39. The number of nitrogens with one attached hydrogen (secondary N) is 1. The van der Waals surface area contributed by atoms with Gasteiger partial charge in [0.2, 0.25) is 5.91 Å². The van der Waals surface area contributed by atoms with Crippen molar-refractivity contribution in [2.24, 2.45) is 10.9 Å². The highest BCUT2D eigenvalue weighted by atomic mass is 32.2. The van der Waals surface area contributed by atoms with E-state index in [0.29, 0.717) is 17.9 Å². The van der Waals surface area contributed by atoms with Crippen molar-refractivity contribution in [3.05, 3.63) is 54.0 Å². The van der Waals surface area contributed by atoms with Gasteiger partial charge in [-0.05, 0) is 30.2 Å². The number of rotatable bonds is 5. The highest BCUT2D eigenvalue weighted by Crippen LogP contribution is 2.24. The van der Waals surface area contributed by atoms with Crippen LogP contribution in [-0.4, -0.2) is 38.2 Å². The summed E-state index contributed by atoms with van der Waals surface area (Å²) in [5, 5.41) is 0. The van der Waals surface area contributed by atoms with Crippen molar-refractivity contribution in [3.63, 3.8) is 0 Å². The lowest BCUT2D eigenvalue weighted by molar-refractivity contribution is -0.132. The van der Waals surface area contributed by atoms with E-state index in [1.54, 1.807) is 43.6 Å². The molecule has 0 radical (unpaired) electrons. The molecule has 138 valence electrons. The van der Waals surface area contributed by atoms with Gasteiger partial charge in [-0.15, -0.1) is 0 Å². The summed E-state index contributed by atoms with van der Waals surface area (Å²) in [6, 6.07) is 9.45. The molecule has 2 heterocycles. The van der Waals surface area contributed by atoms with E-state index in [1.807, 2.05) is 13.8 Å². The number of fused-ring (bicyclic) bond motifs is 1. The molecule has 1 unspecified atom stereocenters. The number of carbonyl (C=O) groups is 1. The smallest absolute Gasteiger partial charge is 0.263 e. The minimum absolute atomic E-state index is 0.105. The molecule has 8 heteroatoms. The first-order valence-electron chi connectivity index (χ1n) is 8.27. The van der Waals surface area contributed by atoms with Crippen LogP contribution in [0.25, 0.3) is 0 Å². The maximum Gasteiger partial charge on any atom is 0.263 e. The molecule has 7 nitrogen and oxygen atoms in total. The fourth-order valence-electron chi connectivity index (χ4n) is 2.80. The summed E-state index contributed by atoms with van der Waals surface area (Å²) in [5.41, 5.74) is 0.486. The number of hydrogen-bond acceptors (Lipinski definition) is 5. The van der Waals surface area contributed by atoms with Crippen molar-refractivity contribution < 1.29 is 17.6 Å². The van der Waals surface area contributed by atoms with Crippen LogP contribution in [-0.2, 0) is 21.4 Å². The standard InChI is InChI=1S/C18H21N3O4S/c1-12(2)16(18(22)21(3)11-13-7-6-10-25-13)19-17-14-8-4-5-9-15(14)26(23,24)20-17/h4-10,12,16H,11H2,1-3H3,(H,19,20). The summed E-state index contributed by atoms with van der Waals surface area (Å²) in [5.74, 6) is 0.570. The minimum Gasteiger partial charge on any atom is -0.467 e. The number of nitrogens with zero attached hydrogens (tertiary/aromatic N) is 2. The zero-order chi connectivity index (χ0) is 18.9. The summed E-state index contributed by atoms with van der Waals surface area (Å²) in [7, 11) is -1.96. The Morgan fingerprint density at radius 1 is 1.23 bits per heavy atom. The molecular formula is C18H21N3O4S. The van der Waals surface area contributed by atoms with Crippen molar-refractivity contribution in [1.82, 2.24) is 9.62 Å². The van der Waals surface area contributed by atoms with Gasteiger partial charge >= 0.3 is 0 Å². The van der Waals surface area contributed by atoms with Crippen LogP contribution in [0.5, 0.6) is 0 Å². The SMILES string of the molecule is CC(C)C(N=C1NS(=O)(=O)c2ccccc21)C(=O)N(C)Cc1ccco1. The Morgan fingerprint density at radius 2 is 1.96 bits per heavy atom. The predicted octanol–water partition coefficient (Wildman–Crippen LogP) is 2.00. The number of sulfonamides is 1. The van der Waals surface area contributed by atoms with Crippen LogP contribution in [0.4, 0.5) is 0 Å². The Morgan fingerprint density at radius 3 is 2.62 bits per heavy atom. The van der Waals surface area contributed by atoms with Gasteiger partial charge in [0, 0.05) is 12.6 Å². The fourth-order valence-corrected chi connectivity index (χ4v) is 4.04. The van der Waals surface area contributed by atoms with Crippen LogP contribution < -0.4 is 4.72 Å². The van der Waals surface area contributed by atoms with Gasteiger partial charge < -0.3 is 9.32 Å². The molecule has 1 amide bonds. The van der Waals surface area contributed by atoms with E-state index in [0.717, 1.165) is 0 Å². The van der Waals surface area contributed by atoms with Crippen molar-refractivity contribution in [3.8, 4) is 0 Å². The van der Waals surface area contributed by atoms with E-state index in [1.165, 1.54) is 11.0 Å². The van der Waals surface area contributed by atoms with E-state index in [-0.39, 0.29) is 22.6 Å². The molecule has 1 N–H and O–H groups in total. The van der Waals surface area contributed by atoms with Crippen molar-refractivity contribution >= 4 is 21.8 Å². The largest absolute Gasteiger partial charge is 0.467 e. The summed E-state index contributed by atoms with van der Waals surface area (Å²) in [6.45, 7) is 4.08. The third-order valence-corrected chi connectivity index (χ3v) is 5.56. The Balaban J connectivity index is 1.89. The van der Waals surface area contributed by atoms with Crippen LogP contribution in [0.15, 0.2) is 57.0 Å². The normalized spacial score (nSPS) is 17.8. The summed E-state index contributed by atoms with van der Waals surface area (Å²) < 4.78 is 32.2. The second kappa shape index (κ2) is 6.95. The van der Waals surface area contributed by atoms with Gasteiger partial charge in [-0.25, -0.2) is 8.42 Å². The Hall–Kier alpha value is -2.61. The van der Waals surface area contributed by atoms with Crippen LogP contribution in [0, 0.1) is 5.92 Å². The first-order chi connectivity index (χ1) is 12.3. The first kappa shape index (κ1) is 18.2. The van der Waals surface area contributed by atoms with Crippen LogP contribution in [0.1, 0.15) is 25.2 Å². The summed E-state index contributed by atoms with van der Waals surface area (Å²) in [6.07, 6.45) is 1.55. The molecule has 1 aliphatic heterocycles. The van der Waals surface area contributed by atoms with Crippen molar-refractivity contribution in [2.45, 2.75) is 31.3 Å². The number of benzene rings is 1. The second-order valence-electron chi connectivity index (χ2n) is 6.54. The molecule has 26 heavy (non-hydrogen) atoms. The summed E-state index contributed by atoms with van der Waals surface area (Å²) in [4.78, 5) is 19.0. The number of furan rings is 1. The maximum absolute atomic E-state index is 12.9. The lowest BCUT2D eigenvalue weighted by atomic mass is 10.0. The quantitative estimate of drug-likeness (QED) is 0.865. The minimum atomic E-state index is -3.63. The number of amidine groups is 1. The van der Waals surface area contributed by atoms with Gasteiger partial charge in [-0.2, -0.15) is 0 Å². The fraction of sp³-hybridized carbons (Fsp3) is 0.333. The average Bonchev–Trinajstić information content (AvgIpc) is 3.18. The number of aliphatic imine (C=N–C) groups is 1. The highest BCUT2D eigenvalue weighted by Gasteiger charge is 2.33. The van der Waals surface area contributed by atoms with Crippen LogP contribution in [0.3, 0.4) is 0 Å². The number of carbonyl (C=O) groups excluding carboxylic acids is 1. The second-order valence-corrected chi connectivity index (χ2v) is 8.19. The third-order valence-electron chi connectivity index (χ3n) is 4.16. The molecule has 3 rings (SSSR count). The molecule has 1 aromatic heterocycles. The topological polar surface area (TPSA) is 92.0 Å². The number of likely N-dealkylation sites (N-methyl/N-ethyl adjacent to an activating group) is 1. The monoisotopic (exact) mass is 375 g/mol. The van der Waals surface area contributed by atoms with Crippen LogP contribution in [0.2, 0.25) is 0 Å². The molecule has 1 aliphatic rings. The lowest BCUT2D eigenvalue weighted by Gasteiger charge is -2.23. The van der Waals surface area contributed by atoms with E-state index < -0.39 is 16.1 Å². The Bertz CT molecular complexity index is 933. The number of hydrogen-bond donors (Lipinski definition) is 1. The summed E-state index contributed by atoms with van der Waals surface area (Å²) >= 11 is 0. The van der Waals surface area contributed by atoms with Gasteiger partial charge in [-0.1, -0.05) is 26.0 Å². The molecule has 1 atom stereocenters.